The molecule has 1 aliphatic rings. The van der Waals surface area contributed by atoms with E-state index in [9.17, 15) is 9.90 Å². The maximum Gasteiger partial charge on any atom is 0.242 e. The fourth-order valence-corrected chi connectivity index (χ4v) is 5.01. The van der Waals surface area contributed by atoms with Crippen LogP contribution in [0.3, 0.4) is 0 Å². The molecule has 1 aliphatic heterocycles. The minimum Gasteiger partial charge on any atom is -0.390 e. The standard InChI is InChI=1S/C31H37N3O2/c1-23-11-14-28(26-15-12-25(13-16-26)21-34-18-4-3-5-19-34)20-27(23)8-6-10-30(33-24(2)36)29-9-7-17-32-31(29)22-35/h7,9,11-17,20,35H,3-6,8,10,18-19,21-22H2,1-2H3. The summed E-state index contributed by atoms with van der Waals surface area (Å²) in [6, 6.07) is 19.4. The molecule has 1 saturated heterocycles. The van der Waals surface area contributed by atoms with E-state index in [-0.39, 0.29) is 12.5 Å². The van der Waals surface area contributed by atoms with Crippen molar-refractivity contribution in [3.05, 3.63) is 88.7 Å². The first-order chi connectivity index (χ1) is 17.5. The van der Waals surface area contributed by atoms with Gasteiger partial charge in [0.2, 0.25) is 5.91 Å². The number of aryl methyl sites for hydroxylation is 2. The van der Waals surface area contributed by atoms with Crippen molar-refractivity contribution < 1.29 is 9.90 Å². The first-order valence-electron chi connectivity index (χ1n) is 13.1. The molecule has 1 fully saturated rings. The Balaban J connectivity index is 1.43. The van der Waals surface area contributed by atoms with E-state index in [0.717, 1.165) is 24.9 Å². The summed E-state index contributed by atoms with van der Waals surface area (Å²) >= 11 is 0. The van der Waals surface area contributed by atoms with E-state index < -0.39 is 0 Å². The molecule has 4 rings (SSSR count). The molecule has 0 bridgehead atoms. The highest BCUT2D eigenvalue weighted by atomic mass is 16.3. The van der Waals surface area contributed by atoms with Crippen molar-refractivity contribution in [3.63, 3.8) is 0 Å². The predicted molar refractivity (Wildman–Crippen MR) is 146 cm³/mol. The summed E-state index contributed by atoms with van der Waals surface area (Å²) in [4.78, 5) is 22.8. The van der Waals surface area contributed by atoms with Crippen LogP contribution in [0, 0.1) is 6.92 Å². The number of benzene rings is 2. The lowest BCUT2D eigenvalue weighted by Crippen LogP contribution is -2.28. The predicted octanol–water partition coefficient (Wildman–Crippen LogP) is 5.89. The van der Waals surface area contributed by atoms with Crippen LogP contribution >= 0.6 is 0 Å². The van der Waals surface area contributed by atoms with Gasteiger partial charge in [0, 0.05) is 25.2 Å². The van der Waals surface area contributed by atoms with Crippen LogP contribution in [0.2, 0.25) is 0 Å². The average Bonchev–Trinajstić information content (AvgIpc) is 2.90. The molecule has 2 heterocycles. The molecule has 0 spiro atoms. The Morgan fingerprint density at radius 2 is 1.78 bits per heavy atom. The minimum atomic E-state index is -0.236. The zero-order valence-corrected chi connectivity index (χ0v) is 21.5. The molecule has 0 saturated carbocycles. The van der Waals surface area contributed by atoms with E-state index in [1.165, 1.54) is 67.1 Å². The van der Waals surface area contributed by atoms with Crippen molar-refractivity contribution in [1.82, 2.24) is 9.88 Å². The van der Waals surface area contributed by atoms with Gasteiger partial charge in [-0.1, -0.05) is 48.9 Å². The second-order valence-corrected chi connectivity index (χ2v) is 9.76. The summed E-state index contributed by atoms with van der Waals surface area (Å²) in [5.74, 6) is -0.236. The maximum atomic E-state index is 11.8. The van der Waals surface area contributed by atoms with Gasteiger partial charge in [-0.15, -0.1) is 0 Å². The fraction of sp³-hybridized carbons (Fsp3) is 0.387. The molecule has 0 atom stereocenters. The Hall–Kier alpha value is -3.15. The molecular formula is C31H37N3O2. The Kier molecular flexibility index (Phi) is 9.15. The van der Waals surface area contributed by atoms with Gasteiger partial charge < -0.3 is 5.11 Å². The maximum absolute atomic E-state index is 11.8. The molecule has 2 aromatic carbocycles. The van der Waals surface area contributed by atoms with Crippen molar-refractivity contribution in [2.24, 2.45) is 4.99 Å². The highest BCUT2D eigenvalue weighted by Gasteiger charge is 2.13. The van der Waals surface area contributed by atoms with Gasteiger partial charge in [-0.2, -0.15) is 0 Å². The number of aromatic nitrogens is 1. The SMILES string of the molecule is CC(=O)N=C(CCCc1cc(-c2ccc(CN3CCCCC3)cc2)ccc1C)c1cccnc1CO. The Labute approximate surface area is 214 Å². The monoisotopic (exact) mass is 483 g/mol. The second kappa shape index (κ2) is 12.7. The Morgan fingerprint density at radius 3 is 2.50 bits per heavy atom. The van der Waals surface area contributed by atoms with Crippen molar-refractivity contribution in [1.29, 1.82) is 0 Å². The lowest BCUT2D eigenvalue weighted by atomic mass is 9.95. The average molecular weight is 484 g/mol. The van der Waals surface area contributed by atoms with Gasteiger partial charge in [0.05, 0.1) is 18.0 Å². The number of aliphatic hydroxyl groups excluding tert-OH is 1. The van der Waals surface area contributed by atoms with E-state index in [0.29, 0.717) is 17.8 Å². The van der Waals surface area contributed by atoms with Gasteiger partial charge in [-0.05, 0) is 92.1 Å². The van der Waals surface area contributed by atoms with Crippen molar-refractivity contribution in [2.45, 2.75) is 65.5 Å². The van der Waals surface area contributed by atoms with Crippen LogP contribution in [0.25, 0.3) is 11.1 Å². The topological polar surface area (TPSA) is 65.8 Å². The number of carbonyl (C=O) groups is 1. The summed E-state index contributed by atoms with van der Waals surface area (Å²) in [5.41, 5.74) is 8.42. The van der Waals surface area contributed by atoms with Crippen molar-refractivity contribution >= 4 is 11.6 Å². The molecule has 36 heavy (non-hydrogen) atoms. The van der Waals surface area contributed by atoms with Crippen LogP contribution in [0.1, 0.15) is 67.0 Å². The molecule has 0 unspecified atom stereocenters. The lowest BCUT2D eigenvalue weighted by molar-refractivity contribution is -0.115. The number of carbonyl (C=O) groups excluding carboxylic acids is 1. The zero-order valence-electron chi connectivity index (χ0n) is 21.5. The third-order valence-corrected chi connectivity index (χ3v) is 6.99. The lowest BCUT2D eigenvalue weighted by Gasteiger charge is -2.26. The van der Waals surface area contributed by atoms with Gasteiger partial charge in [0.25, 0.3) is 0 Å². The van der Waals surface area contributed by atoms with Crippen LogP contribution in [-0.2, 0) is 24.4 Å². The molecule has 1 aromatic heterocycles. The highest BCUT2D eigenvalue weighted by Crippen LogP contribution is 2.25. The molecular weight excluding hydrogens is 446 g/mol. The number of hydrogen-bond donors (Lipinski definition) is 1. The van der Waals surface area contributed by atoms with Crippen LogP contribution in [0.5, 0.6) is 0 Å². The van der Waals surface area contributed by atoms with Crippen LogP contribution in [0.15, 0.2) is 65.8 Å². The number of rotatable bonds is 9. The van der Waals surface area contributed by atoms with Gasteiger partial charge in [-0.25, -0.2) is 4.99 Å². The number of nitrogens with zero attached hydrogens (tertiary/aromatic N) is 3. The molecule has 0 radical (unpaired) electrons. The number of hydrogen-bond acceptors (Lipinski definition) is 4. The van der Waals surface area contributed by atoms with E-state index in [4.69, 9.17) is 0 Å². The number of aliphatic hydroxyl groups is 1. The molecule has 188 valence electrons. The molecule has 1 N–H and O–H groups in total. The minimum absolute atomic E-state index is 0.176. The zero-order chi connectivity index (χ0) is 25.3. The third kappa shape index (κ3) is 6.96. The van der Waals surface area contributed by atoms with E-state index >= 15 is 0 Å². The Morgan fingerprint density at radius 1 is 1.03 bits per heavy atom. The molecule has 3 aromatic rings. The van der Waals surface area contributed by atoms with E-state index in [1.54, 1.807) is 6.20 Å². The highest BCUT2D eigenvalue weighted by molar-refractivity contribution is 6.06. The fourth-order valence-electron chi connectivity index (χ4n) is 5.01. The van der Waals surface area contributed by atoms with Gasteiger partial charge in [0.15, 0.2) is 0 Å². The number of amides is 1. The summed E-state index contributed by atoms with van der Waals surface area (Å²) < 4.78 is 0. The summed E-state index contributed by atoms with van der Waals surface area (Å²) in [5, 5.41) is 9.67. The number of piperidine rings is 1. The first kappa shape index (κ1) is 25.9. The molecule has 0 aliphatic carbocycles. The van der Waals surface area contributed by atoms with Crippen molar-refractivity contribution in [3.8, 4) is 11.1 Å². The quantitative estimate of drug-likeness (QED) is 0.385. The van der Waals surface area contributed by atoms with Crippen molar-refractivity contribution in [2.75, 3.05) is 13.1 Å². The van der Waals surface area contributed by atoms with E-state index in [1.807, 2.05) is 12.1 Å². The van der Waals surface area contributed by atoms with Gasteiger partial charge >= 0.3 is 0 Å². The number of pyridine rings is 1. The van der Waals surface area contributed by atoms with Crippen LogP contribution in [-0.4, -0.2) is 39.7 Å². The van der Waals surface area contributed by atoms with Crippen LogP contribution < -0.4 is 0 Å². The summed E-state index contributed by atoms with van der Waals surface area (Å²) in [7, 11) is 0. The van der Waals surface area contributed by atoms with Gasteiger partial charge in [0.1, 0.15) is 0 Å². The number of likely N-dealkylation sites (tertiary alicyclic amines) is 1. The molecule has 5 nitrogen and oxygen atoms in total. The van der Waals surface area contributed by atoms with Crippen LogP contribution in [0.4, 0.5) is 0 Å². The third-order valence-electron chi connectivity index (χ3n) is 6.99. The molecule has 1 amide bonds. The molecule has 5 heteroatoms. The Bertz CT molecular complexity index is 1190. The smallest absolute Gasteiger partial charge is 0.242 e. The van der Waals surface area contributed by atoms with E-state index in [2.05, 4.69) is 64.3 Å². The van der Waals surface area contributed by atoms with Gasteiger partial charge in [-0.3, -0.25) is 14.7 Å². The normalized spacial score (nSPS) is 14.7. The number of aliphatic imine (C=N–C) groups is 1. The summed E-state index contributed by atoms with van der Waals surface area (Å²) in [6.45, 7) is 6.90. The largest absolute Gasteiger partial charge is 0.390 e. The summed E-state index contributed by atoms with van der Waals surface area (Å²) in [6.07, 6.45) is 8.03. The first-order valence-corrected chi connectivity index (χ1v) is 13.1. The second-order valence-electron chi connectivity index (χ2n) is 9.76.